The second-order valence-electron chi connectivity index (χ2n) is 4.26. The SMILES string of the molecule is CNCc1ccc(S(=O)(=O)Nc2ccc(Br)cn2)c(Br)c1. The van der Waals surface area contributed by atoms with Crippen LogP contribution in [0.4, 0.5) is 5.82 Å². The van der Waals surface area contributed by atoms with E-state index in [0.29, 0.717) is 11.0 Å². The number of hydrogen-bond acceptors (Lipinski definition) is 4. The second-order valence-corrected chi connectivity index (χ2v) is 7.68. The molecule has 2 rings (SSSR count). The fourth-order valence-electron chi connectivity index (χ4n) is 1.71. The molecule has 2 N–H and O–H groups in total. The molecule has 8 heteroatoms. The molecule has 0 radical (unpaired) electrons. The molecule has 0 aliphatic carbocycles. The van der Waals surface area contributed by atoms with E-state index >= 15 is 0 Å². The van der Waals surface area contributed by atoms with Gasteiger partial charge in [0.05, 0.1) is 0 Å². The highest BCUT2D eigenvalue weighted by atomic mass is 79.9. The molecule has 0 saturated heterocycles. The zero-order valence-corrected chi connectivity index (χ0v) is 15.1. The van der Waals surface area contributed by atoms with E-state index in [-0.39, 0.29) is 10.7 Å². The van der Waals surface area contributed by atoms with Crippen molar-refractivity contribution in [2.75, 3.05) is 11.8 Å². The Bertz CT molecular complexity index is 734. The van der Waals surface area contributed by atoms with E-state index in [4.69, 9.17) is 0 Å². The van der Waals surface area contributed by atoms with Crippen LogP contribution in [0.15, 0.2) is 50.4 Å². The highest BCUT2D eigenvalue weighted by Crippen LogP contribution is 2.25. The van der Waals surface area contributed by atoms with E-state index in [1.54, 1.807) is 30.3 Å². The number of nitrogens with zero attached hydrogens (tertiary/aromatic N) is 1. The summed E-state index contributed by atoms with van der Waals surface area (Å²) in [6.45, 7) is 0.667. The minimum atomic E-state index is -3.68. The Kier molecular flexibility index (Phi) is 5.37. The maximum absolute atomic E-state index is 12.4. The summed E-state index contributed by atoms with van der Waals surface area (Å²) in [6.07, 6.45) is 1.53. The predicted octanol–water partition coefficient (Wildman–Crippen LogP) is 3.13. The van der Waals surface area contributed by atoms with Gasteiger partial charge in [-0.05, 0) is 68.7 Å². The van der Waals surface area contributed by atoms with Crippen molar-refractivity contribution in [1.82, 2.24) is 10.3 Å². The molecule has 0 aliphatic rings. The van der Waals surface area contributed by atoms with Gasteiger partial charge in [0.1, 0.15) is 10.7 Å². The summed E-state index contributed by atoms with van der Waals surface area (Å²) in [6, 6.07) is 8.42. The molecule has 0 spiro atoms. The van der Waals surface area contributed by atoms with Crippen LogP contribution < -0.4 is 10.0 Å². The zero-order chi connectivity index (χ0) is 15.5. The Morgan fingerprint density at radius 3 is 2.52 bits per heavy atom. The van der Waals surface area contributed by atoms with Gasteiger partial charge in [-0.2, -0.15) is 0 Å². The van der Waals surface area contributed by atoms with E-state index in [1.165, 1.54) is 6.20 Å². The maximum atomic E-state index is 12.4. The van der Waals surface area contributed by atoms with E-state index in [9.17, 15) is 8.42 Å². The minimum absolute atomic E-state index is 0.173. The van der Waals surface area contributed by atoms with Gasteiger partial charge in [-0.3, -0.25) is 4.72 Å². The van der Waals surface area contributed by atoms with Crippen LogP contribution in [0.5, 0.6) is 0 Å². The van der Waals surface area contributed by atoms with Crippen LogP contribution in [0.2, 0.25) is 0 Å². The lowest BCUT2D eigenvalue weighted by Crippen LogP contribution is -2.15. The Labute approximate surface area is 140 Å². The molecule has 1 aromatic heterocycles. The molecule has 21 heavy (non-hydrogen) atoms. The Hall–Kier alpha value is -0.960. The van der Waals surface area contributed by atoms with Crippen molar-refractivity contribution in [3.05, 3.63) is 51.0 Å². The summed E-state index contributed by atoms with van der Waals surface area (Å²) in [7, 11) is -1.85. The fourth-order valence-corrected chi connectivity index (χ4v) is 4.07. The number of halogens is 2. The average Bonchev–Trinajstić information content (AvgIpc) is 2.41. The third-order valence-electron chi connectivity index (χ3n) is 2.63. The molecule has 0 aliphatic heterocycles. The van der Waals surface area contributed by atoms with Gasteiger partial charge in [-0.25, -0.2) is 13.4 Å². The van der Waals surface area contributed by atoms with Crippen LogP contribution in [0.1, 0.15) is 5.56 Å². The Balaban J connectivity index is 2.29. The number of pyridine rings is 1. The largest absolute Gasteiger partial charge is 0.316 e. The summed E-state index contributed by atoms with van der Waals surface area (Å²) in [5.74, 6) is 0.268. The summed E-state index contributed by atoms with van der Waals surface area (Å²) < 4.78 is 28.5. The van der Waals surface area contributed by atoms with Gasteiger partial charge in [0, 0.05) is 21.7 Å². The number of rotatable bonds is 5. The number of anilines is 1. The molecular weight excluding hydrogens is 422 g/mol. The van der Waals surface area contributed by atoms with Crippen molar-refractivity contribution in [1.29, 1.82) is 0 Å². The van der Waals surface area contributed by atoms with Gasteiger partial charge >= 0.3 is 0 Å². The van der Waals surface area contributed by atoms with Crippen LogP contribution in [-0.4, -0.2) is 20.4 Å². The molecular formula is C13H13Br2N3O2S. The number of aromatic nitrogens is 1. The van der Waals surface area contributed by atoms with Crippen molar-refractivity contribution in [3.63, 3.8) is 0 Å². The number of benzene rings is 1. The first kappa shape index (κ1) is 16.4. The van der Waals surface area contributed by atoms with Crippen molar-refractivity contribution < 1.29 is 8.42 Å². The first-order chi connectivity index (χ1) is 9.92. The van der Waals surface area contributed by atoms with Crippen LogP contribution >= 0.6 is 31.9 Å². The molecule has 0 unspecified atom stereocenters. The Morgan fingerprint density at radius 2 is 1.95 bits per heavy atom. The minimum Gasteiger partial charge on any atom is -0.316 e. The van der Waals surface area contributed by atoms with Crippen LogP contribution in [0.3, 0.4) is 0 Å². The monoisotopic (exact) mass is 433 g/mol. The standard InChI is InChI=1S/C13H13Br2N3O2S/c1-16-7-9-2-4-12(11(15)6-9)21(19,20)18-13-5-3-10(14)8-17-13/h2-6,8,16H,7H2,1H3,(H,17,18). The summed E-state index contributed by atoms with van der Waals surface area (Å²) in [4.78, 5) is 4.18. The lowest BCUT2D eigenvalue weighted by molar-refractivity contribution is 0.600. The van der Waals surface area contributed by atoms with Gasteiger partial charge in [0.25, 0.3) is 10.0 Å². The molecule has 2 aromatic rings. The molecule has 0 atom stereocenters. The molecule has 0 bridgehead atoms. The predicted molar refractivity (Wildman–Crippen MR) is 89.7 cm³/mol. The van der Waals surface area contributed by atoms with Crippen LogP contribution in [0.25, 0.3) is 0 Å². The summed E-state index contributed by atoms with van der Waals surface area (Å²) >= 11 is 6.55. The van der Waals surface area contributed by atoms with Crippen molar-refractivity contribution >= 4 is 47.7 Å². The number of nitrogens with one attached hydrogen (secondary N) is 2. The first-order valence-corrected chi connectivity index (χ1v) is 9.07. The van der Waals surface area contributed by atoms with E-state index in [1.807, 2.05) is 7.05 Å². The van der Waals surface area contributed by atoms with Gasteiger partial charge in [0.2, 0.25) is 0 Å². The quantitative estimate of drug-likeness (QED) is 0.758. The molecule has 0 amide bonds. The van der Waals surface area contributed by atoms with Gasteiger partial charge in [0.15, 0.2) is 0 Å². The van der Waals surface area contributed by atoms with Gasteiger partial charge in [-0.1, -0.05) is 6.07 Å². The molecule has 0 fully saturated rings. The third kappa shape index (κ3) is 4.26. The lowest BCUT2D eigenvalue weighted by atomic mass is 10.2. The second kappa shape index (κ2) is 6.87. The summed E-state index contributed by atoms with van der Waals surface area (Å²) in [5, 5.41) is 3.01. The van der Waals surface area contributed by atoms with Crippen LogP contribution in [-0.2, 0) is 16.6 Å². The van der Waals surface area contributed by atoms with E-state index in [2.05, 4.69) is 46.9 Å². The average molecular weight is 435 g/mol. The highest BCUT2D eigenvalue weighted by molar-refractivity contribution is 9.10. The smallest absolute Gasteiger partial charge is 0.264 e. The highest BCUT2D eigenvalue weighted by Gasteiger charge is 2.18. The topological polar surface area (TPSA) is 71.1 Å². The van der Waals surface area contributed by atoms with Crippen molar-refractivity contribution in [2.24, 2.45) is 0 Å². The van der Waals surface area contributed by atoms with Crippen molar-refractivity contribution in [2.45, 2.75) is 11.4 Å². The Morgan fingerprint density at radius 1 is 1.19 bits per heavy atom. The molecule has 5 nitrogen and oxygen atoms in total. The third-order valence-corrected chi connectivity index (χ3v) is 5.43. The number of hydrogen-bond donors (Lipinski definition) is 2. The lowest BCUT2D eigenvalue weighted by Gasteiger charge is -2.10. The zero-order valence-electron chi connectivity index (χ0n) is 11.1. The van der Waals surface area contributed by atoms with Crippen molar-refractivity contribution in [3.8, 4) is 0 Å². The number of sulfonamides is 1. The molecule has 112 valence electrons. The fraction of sp³-hybridized carbons (Fsp3) is 0.154. The van der Waals surface area contributed by atoms with Gasteiger partial charge in [-0.15, -0.1) is 0 Å². The normalized spacial score (nSPS) is 11.4. The molecule has 1 heterocycles. The summed E-state index contributed by atoms with van der Waals surface area (Å²) in [5.41, 5.74) is 0.991. The van der Waals surface area contributed by atoms with E-state index in [0.717, 1.165) is 10.0 Å². The van der Waals surface area contributed by atoms with Crippen LogP contribution in [0, 0.1) is 0 Å². The molecule has 0 saturated carbocycles. The van der Waals surface area contributed by atoms with E-state index < -0.39 is 10.0 Å². The first-order valence-electron chi connectivity index (χ1n) is 6.00. The molecule has 1 aromatic carbocycles. The maximum Gasteiger partial charge on any atom is 0.264 e. The van der Waals surface area contributed by atoms with Gasteiger partial charge < -0.3 is 5.32 Å².